The minimum Gasteiger partial charge on any atom is -0.487 e. The number of hydrogen-bond acceptors (Lipinski definition) is 3. The second-order valence-corrected chi connectivity index (χ2v) is 4.46. The highest BCUT2D eigenvalue weighted by Crippen LogP contribution is 2.38. The molecule has 2 N–H and O–H groups in total. The average Bonchev–Trinajstić information content (AvgIpc) is 2.15. The molecule has 0 saturated heterocycles. The van der Waals surface area contributed by atoms with Crippen molar-refractivity contribution in [2.45, 2.75) is 20.0 Å². The van der Waals surface area contributed by atoms with Crippen molar-refractivity contribution in [1.82, 2.24) is 0 Å². The molecule has 0 bridgehead atoms. The van der Waals surface area contributed by atoms with E-state index in [1.807, 2.05) is 25.1 Å². The number of nitrogen functional groups attached to an aromatic ring is 1. The van der Waals surface area contributed by atoms with E-state index in [1.165, 1.54) is 0 Å². The van der Waals surface area contributed by atoms with Gasteiger partial charge in [0.15, 0.2) is 0 Å². The van der Waals surface area contributed by atoms with Gasteiger partial charge in [-0.3, -0.25) is 0 Å². The number of fused-ring (bicyclic) bond motifs is 1. The molecule has 0 aromatic heterocycles. The molecule has 1 aliphatic rings. The van der Waals surface area contributed by atoms with E-state index in [9.17, 15) is 0 Å². The molecule has 1 atom stereocenters. The molecule has 0 fully saturated rings. The van der Waals surface area contributed by atoms with Crippen molar-refractivity contribution < 1.29 is 4.74 Å². The summed E-state index contributed by atoms with van der Waals surface area (Å²) in [5, 5.41) is 0. The van der Waals surface area contributed by atoms with Crippen LogP contribution in [0.15, 0.2) is 30.4 Å². The minimum atomic E-state index is 0.189. The maximum Gasteiger partial charge on any atom is 0.145 e. The topological polar surface area (TPSA) is 38.5 Å². The Balaban J connectivity index is 2.39. The van der Waals surface area contributed by atoms with E-state index >= 15 is 0 Å². The Kier molecular flexibility index (Phi) is 2.77. The summed E-state index contributed by atoms with van der Waals surface area (Å²) in [6.07, 6.45) is 0.189. The molecule has 0 saturated carbocycles. The van der Waals surface area contributed by atoms with Gasteiger partial charge in [-0.05, 0) is 26.0 Å². The molecule has 1 aromatic carbocycles. The third-order valence-electron chi connectivity index (χ3n) is 2.61. The lowest BCUT2D eigenvalue weighted by molar-refractivity contribution is 0.214. The standard InChI is InChI=1S/C13H18N2O/c1-9(2)7-15-8-10(3)16-12-6-4-5-11(14)13(12)15/h4-6,10H,1,7-8,14H2,2-3H3. The lowest BCUT2D eigenvalue weighted by atomic mass is 10.1. The van der Waals surface area contributed by atoms with Crippen LogP contribution in [0, 0.1) is 0 Å². The maximum absolute atomic E-state index is 6.00. The van der Waals surface area contributed by atoms with Crippen molar-refractivity contribution in [2.24, 2.45) is 0 Å². The molecule has 0 spiro atoms. The number of rotatable bonds is 2. The van der Waals surface area contributed by atoms with Crippen LogP contribution < -0.4 is 15.4 Å². The molecular weight excluding hydrogens is 200 g/mol. The smallest absolute Gasteiger partial charge is 0.145 e. The van der Waals surface area contributed by atoms with Crippen LogP contribution in [0.2, 0.25) is 0 Å². The summed E-state index contributed by atoms with van der Waals surface area (Å²) in [6, 6.07) is 5.79. The maximum atomic E-state index is 6.00. The van der Waals surface area contributed by atoms with Crippen molar-refractivity contribution in [1.29, 1.82) is 0 Å². The van der Waals surface area contributed by atoms with Gasteiger partial charge >= 0.3 is 0 Å². The molecule has 0 amide bonds. The zero-order valence-corrected chi connectivity index (χ0v) is 9.86. The van der Waals surface area contributed by atoms with Crippen LogP contribution in [0.25, 0.3) is 0 Å². The van der Waals surface area contributed by atoms with E-state index in [4.69, 9.17) is 10.5 Å². The third kappa shape index (κ3) is 1.98. The Morgan fingerprint density at radius 3 is 3.06 bits per heavy atom. The Morgan fingerprint density at radius 1 is 1.62 bits per heavy atom. The number of benzene rings is 1. The van der Waals surface area contributed by atoms with E-state index in [0.29, 0.717) is 0 Å². The van der Waals surface area contributed by atoms with Crippen LogP contribution in [-0.2, 0) is 0 Å². The number of para-hydroxylation sites is 1. The molecule has 1 aliphatic heterocycles. The van der Waals surface area contributed by atoms with E-state index in [0.717, 1.165) is 35.8 Å². The van der Waals surface area contributed by atoms with E-state index in [-0.39, 0.29) is 6.10 Å². The van der Waals surface area contributed by atoms with Gasteiger partial charge in [0.25, 0.3) is 0 Å². The second-order valence-electron chi connectivity index (χ2n) is 4.46. The zero-order valence-electron chi connectivity index (χ0n) is 9.86. The summed E-state index contributed by atoms with van der Waals surface area (Å²) >= 11 is 0. The van der Waals surface area contributed by atoms with Gasteiger partial charge in [0.05, 0.1) is 12.2 Å². The molecule has 1 unspecified atom stereocenters. The van der Waals surface area contributed by atoms with Crippen LogP contribution in [-0.4, -0.2) is 19.2 Å². The zero-order chi connectivity index (χ0) is 11.7. The molecular formula is C13H18N2O. The summed E-state index contributed by atoms with van der Waals surface area (Å²) in [7, 11) is 0. The van der Waals surface area contributed by atoms with Gasteiger partial charge < -0.3 is 15.4 Å². The fraction of sp³-hybridized carbons (Fsp3) is 0.385. The fourth-order valence-corrected chi connectivity index (χ4v) is 2.10. The van der Waals surface area contributed by atoms with Gasteiger partial charge in [-0.25, -0.2) is 0 Å². The van der Waals surface area contributed by atoms with Gasteiger partial charge in [0.1, 0.15) is 17.5 Å². The van der Waals surface area contributed by atoms with Gasteiger partial charge in [0.2, 0.25) is 0 Å². The highest BCUT2D eigenvalue weighted by molar-refractivity contribution is 5.76. The summed E-state index contributed by atoms with van der Waals surface area (Å²) in [5.41, 5.74) is 8.90. The number of nitrogens with two attached hydrogens (primary N) is 1. The lowest BCUT2D eigenvalue weighted by Crippen LogP contribution is -2.39. The van der Waals surface area contributed by atoms with Crippen LogP contribution >= 0.6 is 0 Å². The molecule has 3 heteroatoms. The first-order chi connectivity index (χ1) is 7.58. The van der Waals surface area contributed by atoms with Gasteiger partial charge in [-0.15, -0.1) is 0 Å². The van der Waals surface area contributed by atoms with Crippen molar-refractivity contribution >= 4 is 11.4 Å². The summed E-state index contributed by atoms with van der Waals surface area (Å²) in [4.78, 5) is 2.24. The highest BCUT2D eigenvalue weighted by atomic mass is 16.5. The number of anilines is 2. The predicted molar refractivity (Wildman–Crippen MR) is 68.0 cm³/mol. The number of ether oxygens (including phenoxy) is 1. The third-order valence-corrected chi connectivity index (χ3v) is 2.61. The fourth-order valence-electron chi connectivity index (χ4n) is 2.10. The molecule has 1 aromatic rings. The van der Waals surface area contributed by atoms with Crippen LogP contribution in [0.4, 0.5) is 11.4 Å². The van der Waals surface area contributed by atoms with E-state index in [2.05, 4.69) is 18.4 Å². The number of nitrogens with zero attached hydrogens (tertiary/aromatic N) is 1. The van der Waals surface area contributed by atoms with Gasteiger partial charge in [-0.2, -0.15) is 0 Å². The lowest BCUT2D eigenvalue weighted by Gasteiger charge is -2.35. The normalized spacial score (nSPS) is 18.9. The quantitative estimate of drug-likeness (QED) is 0.612. The second kappa shape index (κ2) is 4.08. The van der Waals surface area contributed by atoms with Crippen LogP contribution in [0.3, 0.4) is 0 Å². The molecule has 0 aliphatic carbocycles. The monoisotopic (exact) mass is 218 g/mol. The summed E-state index contributed by atoms with van der Waals surface area (Å²) in [5.74, 6) is 0.875. The van der Waals surface area contributed by atoms with Crippen molar-refractivity contribution in [3.8, 4) is 5.75 Å². The molecule has 1 heterocycles. The van der Waals surface area contributed by atoms with Gasteiger partial charge in [0, 0.05) is 6.54 Å². The SMILES string of the molecule is C=C(C)CN1CC(C)Oc2cccc(N)c21. The summed E-state index contributed by atoms with van der Waals surface area (Å²) < 4.78 is 5.77. The van der Waals surface area contributed by atoms with Gasteiger partial charge in [-0.1, -0.05) is 18.2 Å². The Bertz CT molecular complexity index is 414. The molecule has 86 valence electrons. The summed E-state index contributed by atoms with van der Waals surface area (Å²) in [6.45, 7) is 9.73. The van der Waals surface area contributed by atoms with Crippen LogP contribution in [0.5, 0.6) is 5.75 Å². The Morgan fingerprint density at radius 2 is 2.38 bits per heavy atom. The Hall–Kier alpha value is -1.64. The average molecular weight is 218 g/mol. The number of hydrogen-bond donors (Lipinski definition) is 1. The molecule has 0 radical (unpaired) electrons. The van der Waals surface area contributed by atoms with Crippen LogP contribution in [0.1, 0.15) is 13.8 Å². The van der Waals surface area contributed by atoms with E-state index < -0.39 is 0 Å². The van der Waals surface area contributed by atoms with Crippen molar-refractivity contribution in [3.63, 3.8) is 0 Å². The first kappa shape index (κ1) is 10.9. The predicted octanol–water partition coefficient (Wildman–Crippen LogP) is 2.43. The largest absolute Gasteiger partial charge is 0.487 e. The Labute approximate surface area is 96.5 Å². The minimum absolute atomic E-state index is 0.189. The molecule has 3 nitrogen and oxygen atoms in total. The van der Waals surface area contributed by atoms with E-state index in [1.54, 1.807) is 0 Å². The highest BCUT2D eigenvalue weighted by Gasteiger charge is 2.24. The first-order valence-corrected chi connectivity index (χ1v) is 5.52. The first-order valence-electron chi connectivity index (χ1n) is 5.52. The molecule has 16 heavy (non-hydrogen) atoms. The molecule has 2 rings (SSSR count). The van der Waals surface area contributed by atoms with Crippen molar-refractivity contribution in [2.75, 3.05) is 23.7 Å². The van der Waals surface area contributed by atoms with Crippen molar-refractivity contribution in [3.05, 3.63) is 30.4 Å².